The molecule has 6 nitrogen and oxygen atoms in total. The van der Waals surface area contributed by atoms with E-state index in [1.807, 2.05) is 31.2 Å². The SMILES string of the molecule is CN=C(NCc1cccc(CS(=O)(=O)NC)c1)NC(C)c1ccc(Cl)cc1Cl.I. The number of nitrogens with zero attached hydrogens (tertiary/aromatic N) is 1. The van der Waals surface area contributed by atoms with E-state index < -0.39 is 10.0 Å². The van der Waals surface area contributed by atoms with Crippen LogP contribution in [0.25, 0.3) is 0 Å². The average molecular weight is 571 g/mol. The predicted octanol–water partition coefficient (Wildman–Crippen LogP) is 4.09. The number of benzene rings is 2. The van der Waals surface area contributed by atoms with Crippen molar-refractivity contribution < 1.29 is 8.42 Å². The normalized spacial score (nSPS) is 12.8. The number of halogens is 3. The van der Waals surface area contributed by atoms with Crippen molar-refractivity contribution in [3.05, 3.63) is 69.2 Å². The largest absolute Gasteiger partial charge is 0.352 e. The summed E-state index contributed by atoms with van der Waals surface area (Å²) < 4.78 is 25.8. The van der Waals surface area contributed by atoms with Gasteiger partial charge in [0.1, 0.15) is 0 Å². The topological polar surface area (TPSA) is 82.6 Å². The van der Waals surface area contributed by atoms with Crippen molar-refractivity contribution in [3.63, 3.8) is 0 Å². The maximum absolute atomic E-state index is 11.7. The second-order valence-corrected chi connectivity index (χ2v) is 9.01. The van der Waals surface area contributed by atoms with Crippen LogP contribution < -0.4 is 15.4 Å². The minimum atomic E-state index is -3.31. The van der Waals surface area contributed by atoms with Crippen molar-refractivity contribution in [1.82, 2.24) is 15.4 Å². The van der Waals surface area contributed by atoms with E-state index in [1.165, 1.54) is 7.05 Å². The molecule has 1 unspecified atom stereocenters. The van der Waals surface area contributed by atoms with Gasteiger partial charge >= 0.3 is 0 Å². The molecule has 0 fully saturated rings. The minimum Gasteiger partial charge on any atom is -0.352 e. The Bertz CT molecular complexity index is 955. The fraction of sp³-hybridized carbons (Fsp3) is 0.316. The van der Waals surface area contributed by atoms with Gasteiger partial charge in [-0.3, -0.25) is 4.99 Å². The molecule has 3 N–H and O–H groups in total. The third-order valence-electron chi connectivity index (χ3n) is 4.12. The third-order valence-corrected chi connectivity index (χ3v) is 6.02. The van der Waals surface area contributed by atoms with Crippen molar-refractivity contribution >= 4 is 63.2 Å². The van der Waals surface area contributed by atoms with Gasteiger partial charge in [-0.1, -0.05) is 53.5 Å². The molecule has 0 amide bonds. The maximum atomic E-state index is 11.7. The van der Waals surface area contributed by atoms with E-state index in [-0.39, 0.29) is 35.8 Å². The summed E-state index contributed by atoms with van der Waals surface area (Å²) in [4.78, 5) is 4.23. The highest BCUT2D eigenvalue weighted by molar-refractivity contribution is 14.0. The van der Waals surface area contributed by atoms with Crippen molar-refractivity contribution in [3.8, 4) is 0 Å². The van der Waals surface area contributed by atoms with Crippen LogP contribution in [0.4, 0.5) is 0 Å². The lowest BCUT2D eigenvalue weighted by atomic mass is 10.1. The Morgan fingerprint density at radius 1 is 1.14 bits per heavy atom. The molecule has 0 bridgehead atoms. The number of hydrogen-bond acceptors (Lipinski definition) is 3. The van der Waals surface area contributed by atoms with Crippen LogP contribution in [0.2, 0.25) is 10.0 Å². The number of hydrogen-bond donors (Lipinski definition) is 3. The number of rotatable bonds is 7. The summed E-state index contributed by atoms with van der Waals surface area (Å²) in [6.07, 6.45) is 0. The Kier molecular flexibility index (Phi) is 10.7. The minimum absolute atomic E-state index is 0. The number of guanidine groups is 1. The standard InChI is InChI=1S/C19H24Cl2N4O2S.HI/c1-13(17-8-7-16(20)10-18(17)21)25-19(22-2)24-11-14-5-4-6-15(9-14)12-28(26,27)23-3;/h4-10,13,23H,11-12H2,1-3H3,(H2,22,24,25);1H. The first-order chi connectivity index (χ1) is 13.2. The van der Waals surface area contributed by atoms with E-state index in [0.717, 1.165) is 16.7 Å². The van der Waals surface area contributed by atoms with Gasteiger partial charge in [0.25, 0.3) is 0 Å². The molecule has 0 aliphatic heterocycles. The summed E-state index contributed by atoms with van der Waals surface area (Å²) in [5.41, 5.74) is 2.58. The molecule has 0 saturated heterocycles. The first kappa shape index (κ1) is 26.0. The third kappa shape index (κ3) is 8.29. The van der Waals surface area contributed by atoms with Gasteiger partial charge in [0, 0.05) is 23.6 Å². The highest BCUT2D eigenvalue weighted by Crippen LogP contribution is 2.26. The maximum Gasteiger partial charge on any atom is 0.215 e. The molecule has 0 aliphatic carbocycles. The molecule has 0 radical (unpaired) electrons. The molecule has 0 aliphatic rings. The fourth-order valence-electron chi connectivity index (χ4n) is 2.64. The monoisotopic (exact) mass is 570 g/mol. The Labute approximate surface area is 199 Å². The molecule has 0 spiro atoms. The van der Waals surface area contributed by atoms with Gasteiger partial charge < -0.3 is 10.6 Å². The summed E-state index contributed by atoms with van der Waals surface area (Å²) in [7, 11) is -0.218. The van der Waals surface area contributed by atoms with E-state index in [1.54, 1.807) is 25.2 Å². The molecule has 0 heterocycles. The molecule has 2 rings (SSSR count). The van der Waals surface area contributed by atoms with Crippen LogP contribution >= 0.6 is 47.2 Å². The van der Waals surface area contributed by atoms with Crippen LogP contribution in [-0.4, -0.2) is 28.5 Å². The summed E-state index contributed by atoms with van der Waals surface area (Å²) >= 11 is 12.2. The van der Waals surface area contributed by atoms with Crippen LogP contribution in [0.3, 0.4) is 0 Å². The lowest BCUT2D eigenvalue weighted by Crippen LogP contribution is -2.38. The molecule has 0 saturated carbocycles. The molecular weight excluding hydrogens is 546 g/mol. The molecule has 1 atom stereocenters. The van der Waals surface area contributed by atoms with Crippen LogP contribution in [0.1, 0.15) is 29.7 Å². The highest BCUT2D eigenvalue weighted by Gasteiger charge is 2.12. The van der Waals surface area contributed by atoms with Crippen LogP contribution in [0.15, 0.2) is 47.5 Å². The van der Waals surface area contributed by atoms with E-state index in [9.17, 15) is 8.42 Å². The average Bonchev–Trinajstić information content (AvgIpc) is 2.64. The molecule has 29 heavy (non-hydrogen) atoms. The van der Waals surface area contributed by atoms with Crippen molar-refractivity contribution in [2.75, 3.05) is 14.1 Å². The van der Waals surface area contributed by atoms with Crippen LogP contribution in [-0.2, 0) is 22.3 Å². The first-order valence-corrected chi connectivity index (χ1v) is 11.1. The van der Waals surface area contributed by atoms with Gasteiger partial charge in [-0.05, 0) is 42.8 Å². The van der Waals surface area contributed by atoms with Gasteiger partial charge in [-0.2, -0.15) is 0 Å². The van der Waals surface area contributed by atoms with Gasteiger partial charge in [0.2, 0.25) is 10.0 Å². The van der Waals surface area contributed by atoms with Gasteiger partial charge in [-0.25, -0.2) is 13.1 Å². The van der Waals surface area contributed by atoms with Gasteiger partial charge in [-0.15, -0.1) is 24.0 Å². The van der Waals surface area contributed by atoms with E-state index in [2.05, 4.69) is 20.3 Å². The highest BCUT2D eigenvalue weighted by atomic mass is 127. The number of nitrogens with one attached hydrogen (secondary N) is 3. The van der Waals surface area contributed by atoms with Crippen LogP contribution in [0.5, 0.6) is 0 Å². The van der Waals surface area contributed by atoms with E-state index in [0.29, 0.717) is 22.5 Å². The Morgan fingerprint density at radius 3 is 2.45 bits per heavy atom. The smallest absolute Gasteiger partial charge is 0.215 e. The number of aliphatic imine (C=N–C) groups is 1. The Morgan fingerprint density at radius 2 is 1.83 bits per heavy atom. The van der Waals surface area contributed by atoms with Gasteiger partial charge in [0.15, 0.2) is 5.96 Å². The lowest BCUT2D eigenvalue weighted by Gasteiger charge is -2.19. The summed E-state index contributed by atoms with van der Waals surface area (Å²) in [6, 6.07) is 12.7. The zero-order chi connectivity index (χ0) is 20.7. The zero-order valence-electron chi connectivity index (χ0n) is 16.4. The lowest BCUT2D eigenvalue weighted by molar-refractivity contribution is 0.587. The quantitative estimate of drug-likeness (QED) is 0.266. The molecule has 0 aromatic heterocycles. The summed E-state index contributed by atoms with van der Waals surface area (Å²) in [6.45, 7) is 2.47. The van der Waals surface area contributed by atoms with E-state index in [4.69, 9.17) is 23.2 Å². The zero-order valence-corrected chi connectivity index (χ0v) is 21.0. The summed E-state index contributed by atoms with van der Waals surface area (Å²) in [5, 5.41) is 7.68. The fourth-order valence-corrected chi connectivity index (χ4v) is 3.97. The second kappa shape index (κ2) is 11.9. The van der Waals surface area contributed by atoms with Crippen molar-refractivity contribution in [2.45, 2.75) is 25.3 Å². The molecule has 160 valence electrons. The van der Waals surface area contributed by atoms with E-state index >= 15 is 0 Å². The molecule has 10 heteroatoms. The first-order valence-electron chi connectivity index (χ1n) is 8.65. The molecule has 2 aromatic carbocycles. The van der Waals surface area contributed by atoms with Crippen molar-refractivity contribution in [1.29, 1.82) is 0 Å². The molecular formula is C19H25Cl2IN4O2S. The molecule has 2 aromatic rings. The summed E-state index contributed by atoms with van der Waals surface area (Å²) in [5.74, 6) is 0.544. The predicted molar refractivity (Wildman–Crippen MR) is 132 cm³/mol. The Hall–Kier alpha value is -1.07. The van der Waals surface area contributed by atoms with Crippen LogP contribution in [0, 0.1) is 0 Å². The van der Waals surface area contributed by atoms with Crippen molar-refractivity contribution in [2.24, 2.45) is 4.99 Å². The second-order valence-electron chi connectivity index (χ2n) is 6.24. The van der Waals surface area contributed by atoms with Gasteiger partial charge in [0.05, 0.1) is 11.8 Å². The Balaban J connectivity index is 0.00000420. The number of sulfonamides is 1.